The van der Waals surface area contributed by atoms with Gasteiger partial charge < -0.3 is 15.2 Å². The Morgan fingerprint density at radius 3 is 2.70 bits per heavy atom. The highest BCUT2D eigenvalue weighted by atomic mass is 35.5. The van der Waals surface area contributed by atoms with E-state index in [9.17, 15) is 4.79 Å². The van der Waals surface area contributed by atoms with E-state index in [1.54, 1.807) is 18.2 Å². The number of halogens is 2. The number of hydrogen-bond donors (Lipinski definition) is 1. The van der Waals surface area contributed by atoms with Crippen molar-refractivity contribution in [1.29, 1.82) is 0 Å². The molecule has 1 aliphatic rings. The molecule has 7 heteroatoms. The maximum atomic E-state index is 11.8. The number of nitrogens with two attached hydrogens (primary N) is 1. The minimum absolute atomic E-state index is 0.136. The number of morpholine rings is 1. The fraction of sp³-hybridized carbons (Fsp3) is 0.350. The van der Waals surface area contributed by atoms with Crippen molar-refractivity contribution in [3.8, 4) is 5.75 Å². The highest BCUT2D eigenvalue weighted by Gasteiger charge is 2.27. The average molecular weight is 409 g/mol. The lowest BCUT2D eigenvalue weighted by atomic mass is 10.1. The molecule has 0 bridgehead atoms. The predicted molar refractivity (Wildman–Crippen MR) is 106 cm³/mol. The van der Waals surface area contributed by atoms with Crippen molar-refractivity contribution in [1.82, 2.24) is 4.90 Å². The maximum absolute atomic E-state index is 11.8. The van der Waals surface area contributed by atoms with Gasteiger partial charge in [0, 0.05) is 26.1 Å². The fourth-order valence-corrected chi connectivity index (χ4v) is 3.41. The predicted octanol–water partition coefficient (Wildman–Crippen LogP) is 3.52. The first-order chi connectivity index (χ1) is 13.0. The van der Waals surface area contributed by atoms with Gasteiger partial charge in [-0.2, -0.15) is 0 Å². The van der Waals surface area contributed by atoms with Crippen LogP contribution in [0.2, 0.25) is 10.0 Å². The summed E-state index contributed by atoms with van der Waals surface area (Å²) in [4.78, 5) is 14.1. The Morgan fingerprint density at radius 1 is 1.22 bits per heavy atom. The molecule has 2 aromatic carbocycles. The van der Waals surface area contributed by atoms with Gasteiger partial charge in [-0.05, 0) is 29.8 Å². The number of carbonyl (C=O) groups excluding carboxylic acids is 1. The zero-order valence-corrected chi connectivity index (χ0v) is 16.3. The molecule has 2 unspecified atom stereocenters. The largest absolute Gasteiger partial charge is 0.481 e. The molecule has 1 saturated heterocycles. The van der Waals surface area contributed by atoms with Gasteiger partial charge in [-0.15, -0.1) is 0 Å². The van der Waals surface area contributed by atoms with Gasteiger partial charge in [-0.1, -0.05) is 47.5 Å². The highest BCUT2D eigenvalue weighted by Crippen LogP contribution is 2.24. The number of primary amides is 1. The summed E-state index contributed by atoms with van der Waals surface area (Å²) in [6.07, 6.45) is -0.465. The molecule has 5 nitrogen and oxygen atoms in total. The fourth-order valence-electron chi connectivity index (χ4n) is 3.09. The molecule has 1 aliphatic heterocycles. The molecule has 3 rings (SSSR count). The average Bonchev–Trinajstić information content (AvgIpc) is 2.65. The topological polar surface area (TPSA) is 64.8 Å². The molecule has 27 heavy (non-hydrogen) atoms. The van der Waals surface area contributed by atoms with Crippen molar-refractivity contribution >= 4 is 29.1 Å². The molecule has 0 aromatic heterocycles. The third-order valence-electron chi connectivity index (χ3n) is 4.43. The monoisotopic (exact) mass is 408 g/mol. The van der Waals surface area contributed by atoms with Crippen LogP contribution in [0.25, 0.3) is 0 Å². The van der Waals surface area contributed by atoms with Crippen molar-refractivity contribution in [2.75, 3.05) is 19.7 Å². The second-order valence-corrected chi connectivity index (χ2v) is 7.35. The van der Waals surface area contributed by atoms with Gasteiger partial charge in [0.05, 0.1) is 22.8 Å². The number of carbonyl (C=O) groups is 1. The molecule has 0 radical (unpaired) electrons. The minimum atomic E-state index is -0.734. The second-order valence-electron chi connectivity index (χ2n) is 6.53. The molecule has 144 valence electrons. The summed E-state index contributed by atoms with van der Waals surface area (Å²) in [5.74, 6) is 0.119. The van der Waals surface area contributed by atoms with E-state index in [0.29, 0.717) is 35.4 Å². The summed E-state index contributed by atoms with van der Waals surface area (Å²) in [6, 6.07) is 14.8. The van der Waals surface area contributed by atoms with E-state index in [1.165, 1.54) is 0 Å². The van der Waals surface area contributed by atoms with Crippen molar-refractivity contribution in [2.45, 2.75) is 25.2 Å². The van der Waals surface area contributed by atoms with Crippen LogP contribution in [0.4, 0.5) is 0 Å². The van der Waals surface area contributed by atoms with Gasteiger partial charge in [-0.3, -0.25) is 9.69 Å². The van der Waals surface area contributed by atoms with Crippen molar-refractivity contribution in [2.24, 2.45) is 5.73 Å². The summed E-state index contributed by atoms with van der Waals surface area (Å²) in [7, 11) is 0. The Bertz CT molecular complexity index is 773. The molecular weight excluding hydrogens is 387 g/mol. The smallest absolute Gasteiger partial charge is 0.258 e. The first kappa shape index (κ1) is 20.0. The molecule has 1 amide bonds. The lowest BCUT2D eigenvalue weighted by Gasteiger charge is -2.34. The van der Waals surface area contributed by atoms with Gasteiger partial charge in [0.15, 0.2) is 6.10 Å². The van der Waals surface area contributed by atoms with Gasteiger partial charge in [0.25, 0.3) is 5.91 Å². The minimum Gasteiger partial charge on any atom is -0.481 e. The molecule has 2 aromatic rings. The van der Waals surface area contributed by atoms with E-state index < -0.39 is 12.0 Å². The number of hydrogen-bond acceptors (Lipinski definition) is 4. The Labute approximate surface area is 168 Å². The number of para-hydroxylation sites is 1. The van der Waals surface area contributed by atoms with Crippen LogP contribution in [-0.4, -0.2) is 42.7 Å². The Balaban J connectivity index is 1.59. The normalized spacial score (nSPS) is 18.8. The molecule has 2 N–H and O–H groups in total. The van der Waals surface area contributed by atoms with Crippen LogP contribution in [0, 0.1) is 0 Å². The van der Waals surface area contributed by atoms with Crippen LogP contribution in [-0.2, 0) is 16.1 Å². The first-order valence-electron chi connectivity index (χ1n) is 8.80. The van der Waals surface area contributed by atoms with E-state index in [1.807, 2.05) is 30.3 Å². The third kappa shape index (κ3) is 5.84. The van der Waals surface area contributed by atoms with Gasteiger partial charge in [0.1, 0.15) is 5.75 Å². The van der Waals surface area contributed by atoms with E-state index >= 15 is 0 Å². The molecule has 0 aliphatic carbocycles. The molecule has 1 fully saturated rings. The summed E-state index contributed by atoms with van der Waals surface area (Å²) in [6.45, 7) is 2.81. The number of amides is 1. The molecule has 0 saturated carbocycles. The number of ether oxygens (including phenoxy) is 2. The zero-order chi connectivity index (χ0) is 19.2. The Morgan fingerprint density at radius 2 is 2.00 bits per heavy atom. The Kier molecular flexibility index (Phi) is 6.96. The number of nitrogens with zero attached hydrogens (tertiary/aromatic N) is 1. The molecule has 0 spiro atoms. The van der Waals surface area contributed by atoms with Crippen LogP contribution in [0.15, 0.2) is 48.5 Å². The number of benzene rings is 2. The van der Waals surface area contributed by atoms with Gasteiger partial charge >= 0.3 is 0 Å². The van der Waals surface area contributed by atoms with Crippen molar-refractivity contribution in [3.63, 3.8) is 0 Å². The van der Waals surface area contributed by atoms with Crippen LogP contribution < -0.4 is 10.5 Å². The summed E-state index contributed by atoms with van der Waals surface area (Å²) in [5, 5.41) is 1.09. The van der Waals surface area contributed by atoms with E-state index in [2.05, 4.69) is 4.90 Å². The zero-order valence-electron chi connectivity index (χ0n) is 14.8. The van der Waals surface area contributed by atoms with Crippen LogP contribution >= 0.6 is 23.2 Å². The second kappa shape index (κ2) is 9.42. The summed E-state index contributed by atoms with van der Waals surface area (Å²) < 4.78 is 11.6. The van der Waals surface area contributed by atoms with Crippen LogP contribution in [0.3, 0.4) is 0 Å². The molecule has 2 atom stereocenters. The molecule has 1 heterocycles. The lowest BCUT2D eigenvalue weighted by molar-refractivity contribution is -0.128. The van der Waals surface area contributed by atoms with Gasteiger partial charge in [-0.25, -0.2) is 0 Å². The summed E-state index contributed by atoms with van der Waals surface area (Å²) in [5.41, 5.74) is 6.61. The van der Waals surface area contributed by atoms with Crippen LogP contribution in [0.5, 0.6) is 5.75 Å². The lowest BCUT2D eigenvalue weighted by Crippen LogP contribution is -2.46. The standard InChI is InChI=1S/C20H22Cl2N2O3/c21-17-7-6-14(10-18(17)22)12-24-8-9-26-16(13-24)11-19(20(23)25)27-15-4-2-1-3-5-15/h1-7,10,16,19H,8-9,11-13H2,(H2,23,25). The first-order valence-corrected chi connectivity index (χ1v) is 9.56. The van der Waals surface area contributed by atoms with Crippen LogP contribution in [0.1, 0.15) is 12.0 Å². The Hall–Kier alpha value is -1.79. The van der Waals surface area contributed by atoms with E-state index in [0.717, 1.165) is 18.7 Å². The SMILES string of the molecule is NC(=O)C(CC1CN(Cc2ccc(Cl)c(Cl)c2)CCO1)Oc1ccccc1. The van der Waals surface area contributed by atoms with E-state index in [4.69, 9.17) is 38.4 Å². The van der Waals surface area contributed by atoms with Gasteiger partial charge in [0.2, 0.25) is 0 Å². The number of rotatable bonds is 7. The third-order valence-corrected chi connectivity index (χ3v) is 5.17. The van der Waals surface area contributed by atoms with Crippen molar-refractivity contribution in [3.05, 3.63) is 64.1 Å². The quantitative estimate of drug-likeness (QED) is 0.760. The maximum Gasteiger partial charge on any atom is 0.258 e. The van der Waals surface area contributed by atoms with Crippen molar-refractivity contribution < 1.29 is 14.3 Å². The summed E-state index contributed by atoms with van der Waals surface area (Å²) >= 11 is 12.1. The van der Waals surface area contributed by atoms with E-state index in [-0.39, 0.29) is 6.10 Å². The molecular formula is C20H22Cl2N2O3. The highest BCUT2D eigenvalue weighted by molar-refractivity contribution is 6.42.